The van der Waals surface area contributed by atoms with Gasteiger partial charge >= 0.3 is 5.97 Å². The predicted molar refractivity (Wildman–Crippen MR) is 106 cm³/mol. The van der Waals surface area contributed by atoms with Crippen LogP contribution in [0.25, 0.3) is 10.9 Å². The molecule has 1 amide bonds. The van der Waals surface area contributed by atoms with Crippen molar-refractivity contribution >= 4 is 45.8 Å². The molecule has 0 aliphatic carbocycles. The van der Waals surface area contributed by atoms with Crippen molar-refractivity contribution in [2.45, 2.75) is 6.42 Å². The first kappa shape index (κ1) is 18.7. The summed E-state index contributed by atoms with van der Waals surface area (Å²) in [6, 6.07) is 14.3. The van der Waals surface area contributed by atoms with Crippen molar-refractivity contribution in [3.63, 3.8) is 0 Å². The number of hydrogen-bond acceptors (Lipinski definition) is 5. The minimum atomic E-state index is -0.493. The molecule has 1 heterocycles. The minimum Gasteiger partial charge on any atom is -0.465 e. The SMILES string of the molecule is COC(=O)c1ccc(Cl)c(NC(=O)CCNc2cccc3cccnc23)c1. The van der Waals surface area contributed by atoms with Gasteiger partial charge < -0.3 is 15.4 Å². The van der Waals surface area contributed by atoms with Crippen molar-refractivity contribution in [2.75, 3.05) is 24.3 Å². The van der Waals surface area contributed by atoms with E-state index in [2.05, 4.69) is 20.4 Å². The van der Waals surface area contributed by atoms with E-state index in [1.165, 1.54) is 13.2 Å². The van der Waals surface area contributed by atoms with E-state index >= 15 is 0 Å². The van der Waals surface area contributed by atoms with Crippen LogP contribution >= 0.6 is 11.6 Å². The Hall–Kier alpha value is -3.12. The van der Waals surface area contributed by atoms with Crippen LogP contribution in [0.15, 0.2) is 54.7 Å². The van der Waals surface area contributed by atoms with Crippen molar-refractivity contribution in [1.82, 2.24) is 4.98 Å². The lowest BCUT2D eigenvalue weighted by Gasteiger charge is -2.11. The number of rotatable bonds is 6. The maximum Gasteiger partial charge on any atom is 0.337 e. The first-order valence-corrected chi connectivity index (χ1v) is 8.71. The summed E-state index contributed by atoms with van der Waals surface area (Å²) in [5.41, 5.74) is 2.41. The number of methoxy groups -OCH3 is 1. The third kappa shape index (κ3) is 4.54. The molecule has 0 saturated heterocycles. The maximum atomic E-state index is 12.2. The lowest BCUT2D eigenvalue weighted by molar-refractivity contribution is -0.115. The summed E-state index contributed by atoms with van der Waals surface area (Å²) >= 11 is 6.09. The predicted octanol–water partition coefficient (Wildman–Crippen LogP) is 4.12. The second-order valence-electron chi connectivity index (χ2n) is 5.79. The van der Waals surface area contributed by atoms with Gasteiger partial charge in [0, 0.05) is 24.5 Å². The number of benzene rings is 2. The van der Waals surface area contributed by atoms with Crippen LogP contribution in [-0.4, -0.2) is 30.5 Å². The average molecular weight is 384 g/mol. The van der Waals surface area contributed by atoms with Crippen LogP contribution in [0, 0.1) is 0 Å². The zero-order valence-corrected chi connectivity index (χ0v) is 15.4. The number of para-hydroxylation sites is 1. The number of nitrogens with zero attached hydrogens (tertiary/aromatic N) is 1. The molecule has 7 heteroatoms. The lowest BCUT2D eigenvalue weighted by atomic mass is 10.2. The Labute approximate surface area is 161 Å². The van der Waals surface area contributed by atoms with E-state index in [-0.39, 0.29) is 12.3 Å². The molecular formula is C20H18ClN3O3. The second kappa shape index (κ2) is 8.51. The van der Waals surface area contributed by atoms with Crippen molar-refractivity contribution in [2.24, 2.45) is 0 Å². The van der Waals surface area contributed by atoms with Crippen molar-refractivity contribution in [3.05, 3.63) is 65.3 Å². The number of halogens is 1. The maximum absolute atomic E-state index is 12.2. The Kier molecular flexibility index (Phi) is 5.88. The molecule has 1 aromatic heterocycles. The highest BCUT2D eigenvalue weighted by Gasteiger charge is 2.11. The highest BCUT2D eigenvalue weighted by Crippen LogP contribution is 2.24. The molecule has 0 spiro atoms. The molecule has 3 aromatic rings. The number of nitrogens with one attached hydrogen (secondary N) is 2. The Morgan fingerprint density at radius 1 is 1.11 bits per heavy atom. The first-order chi connectivity index (χ1) is 13.1. The summed E-state index contributed by atoms with van der Waals surface area (Å²) in [4.78, 5) is 28.2. The number of aromatic nitrogens is 1. The third-order valence-electron chi connectivity index (χ3n) is 3.96. The molecule has 2 N–H and O–H groups in total. The number of esters is 1. The number of pyridine rings is 1. The van der Waals surface area contributed by atoms with Gasteiger partial charge in [-0.1, -0.05) is 29.8 Å². The smallest absolute Gasteiger partial charge is 0.337 e. The molecular weight excluding hydrogens is 366 g/mol. The van der Waals surface area contributed by atoms with Crippen LogP contribution in [0.4, 0.5) is 11.4 Å². The third-order valence-corrected chi connectivity index (χ3v) is 4.29. The number of carbonyl (C=O) groups is 2. The summed E-state index contributed by atoms with van der Waals surface area (Å²) in [7, 11) is 1.29. The van der Waals surface area contributed by atoms with Gasteiger partial charge in [0.25, 0.3) is 0 Å². The highest BCUT2D eigenvalue weighted by molar-refractivity contribution is 6.33. The molecule has 3 rings (SSSR count). The van der Waals surface area contributed by atoms with Gasteiger partial charge in [0.2, 0.25) is 5.91 Å². The first-order valence-electron chi connectivity index (χ1n) is 8.34. The number of amides is 1. The molecule has 0 radical (unpaired) electrons. The van der Waals surface area contributed by atoms with Crippen LogP contribution in [0.1, 0.15) is 16.8 Å². The topological polar surface area (TPSA) is 80.3 Å². The van der Waals surface area contributed by atoms with Gasteiger partial charge in [0.15, 0.2) is 0 Å². The van der Waals surface area contributed by atoms with Crippen LogP contribution in [0.3, 0.4) is 0 Å². The molecule has 6 nitrogen and oxygen atoms in total. The van der Waals surface area contributed by atoms with E-state index < -0.39 is 5.97 Å². The molecule has 0 unspecified atom stereocenters. The van der Waals surface area contributed by atoms with E-state index in [4.69, 9.17) is 11.6 Å². The van der Waals surface area contributed by atoms with Crippen LogP contribution in [0.5, 0.6) is 0 Å². The summed E-state index contributed by atoms with van der Waals surface area (Å²) in [5.74, 6) is -0.716. The largest absolute Gasteiger partial charge is 0.465 e. The van der Waals surface area contributed by atoms with E-state index in [0.29, 0.717) is 22.8 Å². The lowest BCUT2D eigenvalue weighted by Crippen LogP contribution is -2.17. The van der Waals surface area contributed by atoms with Crippen molar-refractivity contribution < 1.29 is 14.3 Å². The highest BCUT2D eigenvalue weighted by atomic mass is 35.5. The quantitative estimate of drug-likeness (QED) is 0.626. The Bertz CT molecular complexity index is 986. The minimum absolute atomic E-state index is 0.223. The van der Waals surface area contributed by atoms with E-state index in [0.717, 1.165) is 16.6 Å². The van der Waals surface area contributed by atoms with Gasteiger partial charge in [-0.3, -0.25) is 9.78 Å². The van der Waals surface area contributed by atoms with E-state index in [9.17, 15) is 9.59 Å². The average Bonchev–Trinajstić information content (AvgIpc) is 2.69. The van der Waals surface area contributed by atoms with Gasteiger partial charge in [0.05, 0.1) is 34.6 Å². The molecule has 0 fully saturated rings. The van der Waals surface area contributed by atoms with Crippen LogP contribution in [-0.2, 0) is 9.53 Å². The van der Waals surface area contributed by atoms with Crippen LogP contribution in [0.2, 0.25) is 5.02 Å². The molecule has 0 atom stereocenters. The zero-order chi connectivity index (χ0) is 19.2. The molecule has 0 saturated carbocycles. The number of fused-ring (bicyclic) bond motifs is 1. The number of carbonyl (C=O) groups excluding carboxylic acids is 2. The molecule has 2 aromatic carbocycles. The fraction of sp³-hybridized carbons (Fsp3) is 0.150. The molecule has 0 aliphatic rings. The molecule has 0 aliphatic heterocycles. The van der Waals surface area contributed by atoms with E-state index in [1.807, 2.05) is 30.3 Å². The second-order valence-corrected chi connectivity index (χ2v) is 6.20. The fourth-order valence-corrected chi connectivity index (χ4v) is 2.80. The van der Waals surface area contributed by atoms with Crippen molar-refractivity contribution in [3.8, 4) is 0 Å². The van der Waals surface area contributed by atoms with E-state index in [1.54, 1.807) is 18.3 Å². The normalized spacial score (nSPS) is 10.4. The Morgan fingerprint density at radius 2 is 1.93 bits per heavy atom. The Balaban J connectivity index is 1.61. The van der Waals surface area contributed by atoms with Gasteiger partial charge in [-0.05, 0) is 30.3 Å². The standard InChI is InChI=1S/C20H18ClN3O3/c1-27-20(26)14-7-8-15(21)17(12-14)24-18(25)9-11-22-16-6-2-4-13-5-3-10-23-19(13)16/h2-8,10,12,22H,9,11H2,1H3,(H,24,25). The van der Waals surface area contributed by atoms with Gasteiger partial charge in [-0.2, -0.15) is 0 Å². The molecule has 138 valence electrons. The monoisotopic (exact) mass is 383 g/mol. The summed E-state index contributed by atoms with van der Waals surface area (Å²) in [5, 5.41) is 7.32. The van der Waals surface area contributed by atoms with Crippen molar-refractivity contribution in [1.29, 1.82) is 0 Å². The van der Waals surface area contributed by atoms with Gasteiger partial charge in [0.1, 0.15) is 0 Å². The summed E-state index contributed by atoms with van der Waals surface area (Å²) < 4.78 is 4.67. The Morgan fingerprint density at radius 3 is 2.74 bits per heavy atom. The van der Waals surface area contributed by atoms with Crippen LogP contribution < -0.4 is 10.6 Å². The van der Waals surface area contributed by atoms with Gasteiger partial charge in [-0.15, -0.1) is 0 Å². The zero-order valence-electron chi connectivity index (χ0n) is 14.7. The fourth-order valence-electron chi connectivity index (χ4n) is 2.64. The number of ether oxygens (including phenoxy) is 1. The number of anilines is 2. The molecule has 27 heavy (non-hydrogen) atoms. The summed E-state index contributed by atoms with van der Waals surface area (Å²) in [6.45, 7) is 0.426. The van der Waals surface area contributed by atoms with Gasteiger partial charge in [-0.25, -0.2) is 4.79 Å². The molecule has 0 bridgehead atoms. The number of hydrogen-bond donors (Lipinski definition) is 2. The summed E-state index contributed by atoms with van der Waals surface area (Å²) in [6.07, 6.45) is 1.96.